The fraction of sp³-hybridized carbons (Fsp3) is 0.118. The van der Waals surface area contributed by atoms with Crippen molar-refractivity contribution in [3.63, 3.8) is 0 Å². The van der Waals surface area contributed by atoms with Crippen LogP contribution in [0.3, 0.4) is 0 Å². The summed E-state index contributed by atoms with van der Waals surface area (Å²) in [4.78, 5) is 28.4. The van der Waals surface area contributed by atoms with Gasteiger partial charge in [-0.25, -0.2) is 9.78 Å². The minimum absolute atomic E-state index is 0.0683. The zero-order valence-electron chi connectivity index (χ0n) is 12.3. The van der Waals surface area contributed by atoms with Gasteiger partial charge in [0, 0.05) is 16.8 Å². The van der Waals surface area contributed by atoms with Gasteiger partial charge in [0.05, 0.1) is 11.3 Å². The molecule has 0 atom stereocenters. The molecule has 1 aromatic carbocycles. The van der Waals surface area contributed by atoms with Crippen molar-refractivity contribution in [2.24, 2.45) is 0 Å². The lowest BCUT2D eigenvalue weighted by Crippen LogP contribution is -2.18. The van der Waals surface area contributed by atoms with E-state index in [4.69, 9.17) is 16.3 Å². The van der Waals surface area contributed by atoms with Crippen LogP contribution in [0.25, 0.3) is 5.65 Å². The zero-order chi connectivity index (χ0) is 16.4. The van der Waals surface area contributed by atoms with E-state index in [9.17, 15) is 9.59 Å². The predicted octanol–water partition coefficient (Wildman–Crippen LogP) is 3.01. The highest BCUT2D eigenvalue weighted by molar-refractivity contribution is 6.30. The van der Waals surface area contributed by atoms with Crippen molar-refractivity contribution in [1.82, 2.24) is 9.38 Å². The Kier molecular flexibility index (Phi) is 4.12. The summed E-state index contributed by atoms with van der Waals surface area (Å²) in [6.45, 7) is 1.76. The third kappa shape index (κ3) is 3.24. The normalized spacial score (nSPS) is 10.7. The number of esters is 1. The van der Waals surface area contributed by atoms with Gasteiger partial charge in [0.15, 0.2) is 0 Å². The summed E-state index contributed by atoms with van der Waals surface area (Å²) in [5, 5.41) is 0.543. The van der Waals surface area contributed by atoms with Crippen molar-refractivity contribution in [2.45, 2.75) is 13.5 Å². The van der Waals surface area contributed by atoms with E-state index in [2.05, 4.69) is 4.98 Å². The molecule has 0 aliphatic heterocycles. The highest BCUT2D eigenvalue weighted by atomic mass is 35.5. The van der Waals surface area contributed by atoms with Gasteiger partial charge >= 0.3 is 5.97 Å². The number of aryl methyl sites for hydroxylation is 1. The molecule has 0 bridgehead atoms. The number of fused-ring (bicyclic) bond motifs is 1. The maximum absolute atomic E-state index is 12.1. The number of carbonyl (C=O) groups is 1. The molecule has 2 heterocycles. The third-order valence-corrected chi connectivity index (χ3v) is 3.62. The maximum atomic E-state index is 12.1. The van der Waals surface area contributed by atoms with E-state index in [1.54, 1.807) is 30.3 Å². The molecule has 0 unspecified atom stereocenters. The SMILES string of the molecule is Cc1cccc2nc(COC(=O)c3ccc(Cl)cc3)cc(=O)n12. The summed E-state index contributed by atoms with van der Waals surface area (Å²) in [5.74, 6) is -0.493. The van der Waals surface area contributed by atoms with Crippen molar-refractivity contribution < 1.29 is 9.53 Å². The van der Waals surface area contributed by atoms with Gasteiger partial charge in [-0.05, 0) is 43.3 Å². The van der Waals surface area contributed by atoms with E-state index in [1.807, 2.05) is 19.1 Å². The quantitative estimate of drug-likeness (QED) is 0.693. The Balaban J connectivity index is 1.81. The molecular formula is C17H13ClN2O3. The van der Waals surface area contributed by atoms with Crippen LogP contribution < -0.4 is 5.56 Å². The number of carbonyl (C=O) groups excluding carboxylic acids is 1. The van der Waals surface area contributed by atoms with Gasteiger partial charge in [-0.2, -0.15) is 0 Å². The number of rotatable bonds is 3. The van der Waals surface area contributed by atoms with Crippen molar-refractivity contribution >= 4 is 23.2 Å². The summed E-state index contributed by atoms with van der Waals surface area (Å²) in [6, 6.07) is 13.1. The average Bonchev–Trinajstić information content (AvgIpc) is 2.53. The van der Waals surface area contributed by atoms with Crippen LogP contribution in [0.15, 0.2) is 53.3 Å². The highest BCUT2D eigenvalue weighted by Gasteiger charge is 2.09. The third-order valence-electron chi connectivity index (χ3n) is 3.36. The Morgan fingerprint density at radius 1 is 1.22 bits per heavy atom. The first-order valence-corrected chi connectivity index (χ1v) is 7.33. The van der Waals surface area contributed by atoms with E-state index < -0.39 is 5.97 Å². The van der Waals surface area contributed by atoms with Crippen LogP contribution in [-0.4, -0.2) is 15.4 Å². The first-order valence-electron chi connectivity index (χ1n) is 6.95. The second-order valence-corrected chi connectivity index (χ2v) is 5.47. The predicted molar refractivity (Wildman–Crippen MR) is 86.8 cm³/mol. The Hall–Kier alpha value is -2.66. The maximum Gasteiger partial charge on any atom is 0.338 e. The van der Waals surface area contributed by atoms with Crippen molar-refractivity contribution in [1.29, 1.82) is 0 Å². The van der Waals surface area contributed by atoms with Crippen LogP contribution >= 0.6 is 11.6 Å². The second kappa shape index (κ2) is 6.22. The van der Waals surface area contributed by atoms with Gasteiger partial charge in [-0.3, -0.25) is 9.20 Å². The molecule has 0 radical (unpaired) electrons. The largest absolute Gasteiger partial charge is 0.456 e. The van der Waals surface area contributed by atoms with Crippen LogP contribution in [-0.2, 0) is 11.3 Å². The number of hydrogen-bond donors (Lipinski definition) is 0. The van der Waals surface area contributed by atoms with Crippen molar-refractivity contribution in [3.8, 4) is 0 Å². The molecule has 3 rings (SSSR count). The summed E-state index contributed by atoms with van der Waals surface area (Å²) in [7, 11) is 0. The Bertz CT molecular complexity index is 933. The minimum Gasteiger partial charge on any atom is -0.456 e. The van der Waals surface area contributed by atoms with E-state index in [-0.39, 0.29) is 12.2 Å². The first kappa shape index (κ1) is 15.2. The molecule has 0 aliphatic carbocycles. The van der Waals surface area contributed by atoms with E-state index in [0.29, 0.717) is 21.9 Å². The molecule has 6 heteroatoms. The highest BCUT2D eigenvalue weighted by Crippen LogP contribution is 2.11. The number of nitrogens with zero attached hydrogens (tertiary/aromatic N) is 2. The Morgan fingerprint density at radius 3 is 2.70 bits per heavy atom. The van der Waals surface area contributed by atoms with Gasteiger partial charge in [-0.15, -0.1) is 0 Å². The van der Waals surface area contributed by atoms with Gasteiger partial charge in [0.1, 0.15) is 12.3 Å². The van der Waals surface area contributed by atoms with Crippen LogP contribution in [0, 0.1) is 6.92 Å². The molecule has 0 spiro atoms. The summed E-state index contributed by atoms with van der Waals surface area (Å²) >= 11 is 5.78. The minimum atomic E-state index is -0.493. The molecule has 0 saturated carbocycles. The number of hydrogen-bond acceptors (Lipinski definition) is 4. The van der Waals surface area contributed by atoms with Crippen LogP contribution in [0.2, 0.25) is 5.02 Å². The van der Waals surface area contributed by atoms with Crippen LogP contribution in [0.1, 0.15) is 21.7 Å². The standard InChI is InChI=1S/C17H13ClN2O3/c1-11-3-2-4-15-19-14(9-16(21)20(11)15)10-23-17(22)12-5-7-13(18)8-6-12/h2-9H,10H2,1H3. The van der Waals surface area contributed by atoms with Crippen molar-refractivity contribution in [3.05, 3.63) is 80.9 Å². The fourth-order valence-corrected chi connectivity index (χ4v) is 2.37. The lowest BCUT2D eigenvalue weighted by molar-refractivity contribution is 0.0467. The molecule has 0 fully saturated rings. The average molecular weight is 329 g/mol. The van der Waals surface area contributed by atoms with E-state index in [1.165, 1.54) is 10.5 Å². The zero-order valence-corrected chi connectivity index (χ0v) is 13.1. The molecule has 2 aromatic heterocycles. The smallest absolute Gasteiger partial charge is 0.338 e. The van der Waals surface area contributed by atoms with Crippen molar-refractivity contribution in [2.75, 3.05) is 0 Å². The summed E-state index contributed by atoms with van der Waals surface area (Å²) < 4.78 is 6.70. The Morgan fingerprint density at radius 2 is 1.96 bits per heavy atom. The molecule has 0 saturated heterocycles. The number of halogens is 1. The number of ether oxygens (including phenoxy) is 1. The van der Waals surface area contributed by atoms with E-state index >= 15 is 0 Å². The lowest BCUT2D eigenvalue weighted by Gasteiger charge is -2.07. The molecule has 23 heavy (non-hydrogen) atoms. The Labute approximate surface area is 137 Å². The summed E-state index contributed by atoms with van der Waals surface area (Å²) in [6.07, 6.45) is 0. The second-order valence-electron chi connectivity index (χ2n) is 5.03. The molecule has 5 nitrogen and oxygen atoms in total. The van der Waals surface area contributed by atoms with E-state index in [0.717, 1.165) is 5.69 Å². The fourth-order valence-electron chi connectivity index (χ4n) is 2.25. The molecule has 0 aliphatic rings. The molecule has 0 amide bonds. The molecular weight excluding hydrogens is 316 g/mol. The number of aromatic nitrogens is 2. The molecule has 0 N–H and O–H groups in total. The van der Waals surface area contributed by atoms with Crippen LogP contribution in [0.4, 0.5) is 0 Å². The summed E-state index contributed by atoms with van der Waals surface area (Å²) in [5.41, 5.74) is 1.91. The first-order chi connectivity index (χ1) is 11.0. The van der Waals surface area contributed by atoms with Gasteiger partial charge in [0.25, 0.3) is 5.56 Å². The molecule has 116 valence electrons. The topological polar surface area (TPSA) is 60.7 Å². The lowest BCUT2D eigenvalue weighted by atomic mass is 10.2. The number of pyridine rings is 1. The van der Waals surface area contributed by atoms with Crippen LogP contribution in [0.5, 0.6) is 0 Å². The van der Waals surface area contributed by atoms with Gasteiger partial charge < -0.3 is 4.74 Å². The molecule has 3 aromatic rings. The van der Waals surface area contributed by atoms with Gasteiger partial charge in [-0.1, -0.05) is 17.7 Å². The monoisotopic (exact) mass is 328 g/mol. The van der Waals surface area contributed by atoms with Gasteiger partial charge in [0.2, 0.25) is 0 Å². The number of benzene rings is 1.